The number of Topliss-reactive ketones (excluding diaryl/α,β-unsaturated/α-hetero) is 1. The van der Waals surface area contributed by atoms with Gasteiger partial charge in [0.15, 0.2) is 5.78 Å². The number of rotatable bonds is 8. The number of halogens is 2. The lowest BCUT2D eigenvalue weighted by molar-refractivity contribution is -0.126. The van der Waals surface area contributed by atoms with Crippen LogP contribution >= 0.6 is 0 Å². The Hall–Kier alpha value is -3.61. The van der Waals surface area contributed by atoms with Crippen molar-refractivity contribution >= 4 is 28.4 Å². The summed E-state index contributed by atoms with van der Waals surface area (Å²) >= 11 is 0. The van der Waals surface area contributed by atoms with E-state index in [1.165, 1.54) is 12.1 Å². The summed E-state index contributed by atoms with van der Waals surface area (Å²) in [5, 5.41) is 5.72. The van der Waals surface area contributed by atoms with Gasteiger partial charge in [-0.15, -0.1) is 0 Å². The molecule has 2 amide bonds. The molecule has 1 atom stereocenters. The lowest BCUT2D eigenvalue weighted by atomic mass is 10.0. The van der Waals surface area contributed by atoms with Gasteiger partial charge >= 0.3 is 0 Å². The summed E-state index contributed by atoms with van der Waals surface area (Å²) in [5.41, 5.74) is 1.01. The molecule has 154 valence electrons. The first-order valence-electron chi connectivity index (χ1n) is 9.37. The van der Waals surface area contributed by atoms with E-state index in [0.29, 0.717) is 10.8 Å². The van der Waals surface area contributed by atoms with E-state index in [4.69, 9.17) is 0 Å². The van der Waals surface area contributed by atoms with Crippen LogP contribution in [0.3, 0.4) is 0 Å². The molecule has 3 aromatic carbocycles. The molecule has 0 aromatic heterocycles. The van der Waals surface area contributed by atoms with Crippen molar-refractivity contribution in [2.45, 2.75) is 12.5 Å². The molecule has 7 heteroatoms. The average Bonchev–Trinajstić information content (AvgIpc) is 2.77. The first-order valence-corrected chi connectivity index (χ1v) is 9.37. The molecule has 0 bridgehead atoms. The topological polar surface area (TPSA) is 75.3 Å². The molecule has 0 radical (unpaired) electrons. The molecular formula is C23H20F2N2O3. The van der Waals surface area contributed by atoms with Crippen LogP contribution in [-0.2, 0) is 16.0 Å². The smallest absolute Gasteiger partial charge is 0.252 e. The number of ketones is 1. The molecule has 3 aromatic rings. The van der Waals surface area contributed by atoms with E-state index < -0.39 is 42.7 Å². The first kappa shape index (κ1) is 21.1. The molecule has 0 saturated heterocycles. The third-order valence-electron chi connectivity index (χ3n) is 4.63. The molecule has 30 heavy (non-hydrogen) atoms. The number of nitrogens with one attached hydrogen (secondary N) is 2. The van der Waals surface area contributed by atoms with Crippen LogP contribution in [0.2, 0.25) is 0 Å². The molecule has 2 N–H and O–H groups in total. The zero-order valence-corrected chi connectivity index (χ0v) is 16.0. The summed E-state index contributed by atoms with van der Waals surface area (Å²) < 4.78 is 26.5. The van der Waals surface area contributed by atoms with Crippen molar-refractivity contribution in [1.82, 2.24) is 10.6 Å². The monoisotopic (exact) mass is 410 g/mol. The molecular weight excluding hydrogens is 390 g/mol. The fraction of sp³-hybridized carbons (Fsp3) is 0.174. The van der Waals surface area contributed by atoms with Crippen molar-refractivity contribution in [3.8, 4) is 0 Å². The molecule has 0 heterocycles. The Morgan fingerprint density at radius 2 is 1.57 bits per heavy atom. The van der Waals surface area contributed by atoms with E-state index in [9.17, 15) is 23.2 Å². The zero-order valence-electron chi connectivity index (χ0n) is 16.0. The Balaban J connectivity index is 1.85. The van der Waals surface area contributed by atoms with Gasteiger partial charge in [0.1, 0.15) is 18.5 Å². The van der Waals surface area contributed by atoms with Crippen LogP contribution in [0.25, 0.3) is 10.8 Å². The van der Waals surface area contributed by atoms with E-state index in [2.05, 4.69) is 10.6 Å². The molecule has 5 nitrogen and oxygen atoms in total. The van der Waals surface area contributed by atoms with Crippen LogP contribution in [0.15, 0.2) is 66.7 Å². The molecule has 0 spiro atoms. The molecule has 3 rings (SSSR count). The number of amides is 2. The minimum atomic E-state index is -1.18. The van der Waals surface area contributed by atoms with Crippen LogP contribution in [0, 0.1) is 5.82 Å². The summed E-state index contributed by atoms with van der Waals surface area (Å²) in [4.78, 5) is 36.7. The maximum Gasteiger partial charge on any atom is 0.252 e. The number of fused-ring (bicyclic) bond motifs is 1. The van der Waals surface area contributed by atoms with Gasteiger partial charge in [-0.05, 0) is 23.1 Å². The molecule has 0 fully saturated rings. The number of benzene rings is 3. The SMILES string of the molecule is O=C(CF)CNC(=O)[C@H](Cc1ccccc1)NC(=O)c1cccc2c(F)cccc12. The number of carbonyl (C=O) groups is 3. The highest BCUT2D eigenvalue weighted by molar-refractivity contribution is 6.08. The fourth-order valence-electron chi connectivity index (χ4n) is 3.12. The zero-order chi connectivity index (χ0) is 21.5. The Bertz CT molecular complexity index is 1070. The van der Waals surface area contributed by atoms with Crippen molar-refractivity contribution in [3.05, 3.63) is 83.7 Å². The Labute approximate surface area is 172 Å². The predicted octanol–water partition coefficient (Wildman–Crippen LogP) is 2.97. The average molecular weight is 410 g/mol. The minimum Gasteiger partial charge on any atom is -0.347 e. The molecule has 0 saturated carbocycles. The highest BCUT2D eigenvalue weighted by Crippen LogP contribution is 2.21. The van der Waals surface area contributed by atoms with Gasteiger partial charge in [0, 0.05) is 17.4 Å². The number of hydrogen-bond acceptors (Lipinski definition) is 3. The third kappa shape index (κ3) is 5.05. The minimum absolute atomic E-state index is 0.168. The highest BCUT2D eigenvalue weighted by Gasteiger charge is 2.23. The fourth-order valence-corrected chi connectivity index (χ4v) is 3.12. The molecule has 0 aliphatic carbocycles. The van der Waals surface area contributed by atoms with Gasteiger partial charge in [-0.25, -0.2) is 8.78 Å². The van der Waals surface area contributed by atoms with Gasteiger partial charge in [-0.1, -0.05) is 54.6 Å². The maximum absolute atomic E-state index is 14.1. The van der Waals surface area contributed by atoms with E-state index in [1.54, 1.807) is 48.5 Å². The Morgan fingerprint density at radius 1 is 0.867 bits per heavy atom. The van der Waals surface area contributed by atoms with Crippen molar-refractivity contribution < 1.29 is 23.2 Å². The second-order valence-corrected chi connectivity index (χ2v) is 6.75. The summed E-state index contributed by atoms with van der Waals surface area (Å²) in [5.74, 6) is -2.39. The van der Waals surface area contributed by atoms with Crippen LogP contribution < -0.4 is 10.6 Å². The predicted molar refractivity (Wildman–Crippen MR) is 109 cm³/mol. The lowest BCUT2D eigenvalue weighted by Gasteiger charge is -2.19. The van der Waals surface area contributed by atoms with E-state index in [-0.39, 0.29) is 12.0 Å². The normalized spacial score (nSPS) is 11.7. The van der Waals surface area contributed by atoms with Crippen molar-refractivity contribution in [3.63, 3.8) is 0 Å². The van der Waals surface area contributed by atoms with Gasteiger partial charge in [0.25, 0.3) is 5.91 Å². The van der Waals surface area contributed by atoms with Crippen molar-refractivity contribution in [2.24, 2.45) is 0 Å². The summed E-state index contributed by atoms with van der Waals surface area (Å²) in [6.07, 6.45) is 0.168. The van der Waals surface area contributed by atoms with Crippen LogP contribution in [0.1, 0.15) is 15.9 Å². The van der Waals surface area contributed by atoms with Gasteiger partial charge < -0.3 is 10.6 Å². The van der Waals surface area contributed by atoms with Crippen LogP contribution in [0.5, 0.6) is 0 Å². The van der Waals surface area contributed by atoms with Gasteiger partial charge in [-0.2, -0.15) is 0 Å². The number of alkyl halides is 1. The number of carbonyl (C=O) groups excluding carboxylic acids is 3. The van der Waals surface area contributed by atoms with Crippen molar-refractivity contribution in [1.29, 1.82) is 0 Å². The highest BCUT2D eigenvalue weighted by atomic mass is 19.1. The van der Waals surface area contributed by atoms with Gasteiger partial charge in [-0.3, -0.25) is 14.4 Å². The van der Waals surface area contributed by atoms with Crippen LogP contribution in [-0.4, -0.2) is 36.9 Å². The van der Waals surface area contributed by atoms with Crippen molar-refractivity contribution in [2.75, 3.05) is 13.2 Å². The van der Waals surface area contributed by atoms with Gasteiger partial charge in [0.2, 0.25) is 5.91 Å². The Kier molecular flexibility index (Phi) is 6.85. The van der Waals surface area contributed by atoms with Crippen LogP contribution in [0.4, 0.5) is 8.78 Å². The first-order chi connectivity index (χ1) is 14.5. The standard InChI is InChI=1S/C23H20F2N2O3/c24-13-16(28)14-26-23(30)21(12-15-6-2-1-3-7-15)27-22(29)19-10-4-9-18-17(19)8-5-11-20(18)25/h1-11,21H,12-14H2,(H,26,30)(H,27,29)/t21-/m0/s1. The second kappa shape index (κ2) is 9.73. The molecule has 0 aliphatic rings. The van der Waals surface area contributed by atoms with E-state index in [1.807, 2.05) is 6.07 Å². The second-order valence-electron chi connectivity index (χ2n) is 6.75. The molecule has 0 unspecified atom stereocenters. The summed E-state index contributed by atoms with van der Waals surface area (Å²) in [6, 6.07) is 17.1. The molecule has 0 aliphatic heterocycles. The lowest BCUT2D eigenvalue weighted by Crippen LogP contribution is -2.49. The van der Waals surface area contributed by atoms with E-state index >= 15 is 0 Å². The number of hydrogen-bond donors (Lipinski definition) is 2. The summed E-state index contributed by atoms with van der Waals surface area (Å²) in [7, 11) is 0. The quantitative estimate of drug-likeness (QED) is 0.600. The van der Waals surface area contributed by atoms with Gasteiger partial charge in [0.05, 0.1) is 6.54 Å². The third-order valence-corrected chi connectivity index (χ3v) is 4.63. The van der Waals surface area contributed by atoms with E-state index in [0.717, 1.165) is 5.56 Å². The maximum atomic E-state index is 14.1. The Morgan fingerprint density at radius 3 is 2.30 bits per heavy atom. The summed E-state index contributed by atoms with van der Waals surface area (Å²) in [6.45, 7) is -1.65. The largest absolute Gasteiger partial charge is 0.347 e.